The first-order valence-corrected chi connectivity index (χ1v) is 11.0. The van der Waals surface area contributed by atoms with Crippen molar-refractivity contribution in [2.24, 2.45) is 22.9 Å². The first-order valence-electron chi connectivity index (χ1n) is 11.0. The minimum atomic E-state index is -1.39. The van der Waals surface area contributed by atoms with Crippen LogP contribution in [0.3, 0.4) is 0 Å². The minimum absolute atomic E-state index is 0.105. The number of carbonyl (C=O) groups is 4. The molecule has 0 aliphatic rings. The molecule has 0 saturated heterocycles. The third-order valence-corrected chi connectivity index (χ3v) is 4.93. The van der Waals surface area contributed by atoms with Gasteiger partial charge in [0, 0.05) is 0 Å². The maximum Gasteiger partial charge on any atom is 0.328 e. The van der Waals surface area contributed by atoms with E-state index in [2.05, 4.69) is 4.74 Å². The first kappa shape index (κ1) is 28.4. The molecule has 0 unspecified atom stereocenters. The van der Waals surface area contributed by atoms with Crippen LogP contribution in [0, 0.1) is 0 Å². The number of hydrogen-bond acceptors (Lipinski definition) is 11. The predicted octanol–water partition coefficient (Wildman–Crippen LogP) is -1.14. The number of ether oxygens (including phenoxy) is 3. The topological polar surface area (TPSA) is 220 Å². The van der Waals surface area contributed by atoms with Gasteiger partial charge in [0.05, 0.1) is 0 Å². The summed E-state index contributed by atoms with van der Waals surface area (Å²) in [5.41, 5.74) is 24.2. The van der Waals surface area contributed by atoms with Gasteiger partial charge in [-0.15, -0.1) is 0 Å². The standard InChI is InChI=1S/C24H30N4O8/c25-17(22(31)35-13-20(28)23(32)34-12-19(27)21(29)30)11-15-6-8-16(9-7-15)36-24(33)18(26)10-14-4-2-1-3-5-14/h1-9,17-20H,10-13,25-28H2,(H,29,30)/t17-,18-,19-,20-/m0/s1. The molecule has 12 heteroatoms. The van der Waals surface area contributed by atoms with E-state index in [0.29, 0.717) is 12.0 Å². The van der Waals surface area contributed by atoms with Gasteiger partial charge in [0.15, 0.2) is 0 Å². The molecular weight excluding hydrogens is 472 g/mol. The molecule has 0 spiro atoms. The number of carboxylic acids is 1. The molecule has 4 atom stereocenters. The van der Waals surface area contributed by atoms with E-state index in [4.69, 9.17) is 37.5 Å². The Balaban J connectivity index is 1.76. The lowest BCUT2D eigenvalue weighted by molar-refractivity contribution is -0.153. The highest BCUT2D eigenvalue weighted by Crippen LogP contribution is 2.15. The Kier molecular flexibility index (Phi) is 11.0. The van der Waals surface area contributed by atoms with E-state index in [0.717, 1.165) is 5.56 Å². The van der Waals surface area contributed by atoms with Crippen molar-refractivity contribution in [3.8, 4) is 5.75 Å². The van der Waals surface area contributed by atoms with Crippen LogP contribution in [-0.4, -0.2) is 66.4 Å². The monoisotopic (exact) mass is 502 g/mol. The fourth-order valence-corrected chi connectivity index (χ4v) is 2.87. The van der Waals surface area contributed by atoms with Crippen LogP contribution in [0.4, 0.5) is 0 Å². The lowest BCUT2D eigenvalue weighted by Crippen LogP contribution is -2.43. The number of esters is 3. The number of carboxylic acid groups (broad SMARTS) is 1. The lowest BCUT2D eigenvalue weighted by Gasteiger charge is -2.16. The SMILES string of the molecule is N[C@@H](COC(=O)[C@@H](N)COC(=O)[C@@H](N)Cc1ccc(OC(=O)[C@@H](N)Cc2ccccc2)cc1)C(=O)O. The number of aliphatic carboxylic acids is 1. The summed E-state index contributed by atoms with van der Waals surface area (Å²) in [6.07, 6.45) is 0.444. The van der Waals surface area contributed by atoms with Crippen LogP contribution in [0.25, 0.3) is 0 Å². The number of benzene rings is 2. The molecule has 0 radical (unpaired) electrons. The Morgan fingerprint density at radius 3 is 1.67 bits per heavy atom. The summed E-state index contributed by atoms with van der Waals surface area (Å²) in [5, 5.41) is 8.66. The van der Waals surface area contributed by atoms with Gasteiger partial charge >= 0.3 is 23.9 Å². The normalized spacial score (nSPS) is 14.1. The van der Waals surface area contributed by atoms with E-state index < -0.39 is 61.3 Å². The van der Waals surface area contributed by atoms with E-state index in [1.807, 2.05) is 30.3 Å². The molecule has 0 fully saturated rings. The van der Waals surface area contributed by atoms with Crippen LogP contribution < -0.4 is 27.7 Å². The van der Waals surface area contributed by atoms with Gasteiger partial charge in [-0.1, -0.05) is 42.5 Å². The summed E-state index contributed by atoms with van der Waals surface area (Å²) in [7, 11) is 0. The van der Waals surface area contributed by atoms with Crippen molar-refractivity contribution in [2.75, 3.05) is 13.2 Å². The molecule has 2 rings (SSSR count). The summed E-state index contributed by atoms with van der Waals surface area (Å²) in [6.45, 7) is -1.08. The van der Waals surface area contributed by atoms with Crippen LogP contribution >= 0.6 is 0 Å². The van der Waals surface area contributed by atoms with Crippen molar-refractivity contribution in [1.29, 1.82) is 0 Å². The highest BCUT2D eigenvalue weighted by atomic mass is 16.6. The van der Waals surface area contributed by atoms with Gasteiger partial charge in [0.25, 0.3) is 0 Å². The molecule has 0 aromatic heterocycles. The second-order valence-corrected chi connectivity index (χ2v) is 7.98. The van der Waals surface area contributed by atoms with E-state index in [1.165, 1.54) is 0 Å². The maximum atomic E-state index is 12.2. The van der Waals surface area contributed by atoms with Gasteiger partial charge in [-0.2, -0.15) is 0 Å². The van der Waals surface area contributed by atoms with Crippen molar-refractivity contribution in [3.05, 3.63) is 65.7 Å². The van der Waals surface area contributed by atoms with E-state index >= 15 is 0 Å². The molecule has 0 aliphatic carbocycles. The number of carbonyl (C=O) groups excluding carboxylic acids is 3. The third kappa shape index (κ3) is 9.43. The summed E-state index contributed by atoms with van der Waals surface area (Å²) in [5.74, 6) is -3.40. The maximum absolute atomic E-state index is 12.2. The van der Waals surface area contributed by atoms with Crippen molar-refractivity contribution in [2.45, 2.75) is 37.0 Å². The molecule has 194 valence electrons. The molecule has 0 aliphatic heterocycles. The largest absolute Gasteiger partial charge is 0.480 e. The molecule has 36 heavy (non-hydrogen) atoms. The van der Waals surface area contributed by atoms with Crippen LogP contribution in [0.1, 0.15) is 11.1 Å². The van der Waals surface area contributed by atoms with Crippen molar-refractivity contribution < 1.29 is 38.5 Å². The summed E-state index contributed by atoms with van der Waals surface area (Å²) >= 11 is 0. The summed E-state index contributed by atoms with van der Waals surface area (Å²) in [4.78, 5) is 46.7. The zero-order chi connectivity index (χ0) is 26.7. The Morgan fingerprint density at radius 2 is 1.11 bits per heavy atom. The highest BCUT2D eigenvalue weighted by Gasteiger charge is 2.23. The fourth-order valence-electron chi connectivity index (χ4n) is 2.87. The Labute approximate surface area is 207 Å². The summed E-state index contributed by atoms with van der Waals surface area (Å²) in [6, 6.07) is 11.1. The van der Waals surface area contributed by atoms with Crippen LogP contribution in [0.5, 0.6) is 5.75 Å². The second kappa shape index (κ2) is 13.9. The molecule has 2 aromatic carbocycles. The highest BCUT2D eigenvalue weighted by molar-refractivity contribution is 5.79. The quantitative estimate of drug-likeness (QED) is 0.162. The summed E-state index contributed by atoms with van der Waals surface area (Å²) < 4.78 is 14.9. The molecule has 0 saturated carbocycles. The predicted molar refractivity (Wildman–Crippen MR) is 127 cm³/mol. The molecule has 12 nitrogen and oxygen atoms in total. The molecule has 0 heterocycles. The Bertz CT molecular complexity index is 1030. The second-order valence-electron chi connectivity index (χ2n) is 7.98. The van der Waals surface area contributed by atoms with Crippen LogP contribution in [-0.2, 0) is 41.5 Å². The zero-order valence-corrected chi connectivity index (χ0v) is 19.4. The Hall–Kier alpha value is -3.84. The lowest BCUT2D eigenvalue weighted by atomic mass is 10.1. The van der Waals surface area contributed by atoms with Crippen LogP contribution in [0.2, 0.25) is 0 Å². The van der Waals surface area contributed by atoms with Gasteiger partial charge in [0.2, 0.25) is 0 Å². The Morgan fingerprint density at radius 1 is 0.639 bits per heavy atom. The molecular formula is C24H30N4O8. The smallest absolute Gasteiger partial charge is 0.328 e. The minimum Gasteiger partial charge on any atom is -0.480 e. The molecule has 9 N–H and O–H groups in total. The van der Waals surface area contributed by atoms with Crippen molar-refractivity contribution in [3.63, 3.8) is 0 Å². The number of hydrogen-bond donors (Lipinski definition) is 5. The molecule has 0 bridgehead atoms. The van der Waals surface area contributed by atoms with Gasteiger partial charge in [-0.25, -0.2) is 4.79 Å². The van der Waals surface area contributed by atoms with E-state index in [-0.39, 0.29) is 12.2 Å². The molecule has 2 aromatic rings. The zero-order valence-electron chi connectivity index (χ0n) is 19.4. The van der Waals surface area contributed by atoms with Crippen molar-refractivity contribution >= 4 is 23.9 Å². The van der Waals surface area contributed by atoms with E-state index in [9.17, 15) is 19.2 Å². The average molecular weight is 503 g/mol. The van der Waals surface area contributed by atoms with Crippen LogP contribution in [0.15, 0.2) is 54.6 Å². The third-order valence-electron chi connectivity index (χ3n) is 4.93. The number of rotatable bonds is 13. The number of nitrogens with two attached hydrogens (primary N) is 4. The van der Waals surface area contributed by atoms with E-state index in [1.54, 1.807) is 24.3 Å². The van der Waals surface area contributed by atoms with Gasteiger partial charge in [-0.3, -0.25) is 14.4 Å². The van der Waals surface area contributed by atoms with Crippen molar-refractivity contribution in [1.82, 2.24) is 0 Å². The van der Waals surface area contributed by atoms with Gasteiger partial charge in [0.1, 0.15) is 43.1 Å². The van der Waals surface area contributed by atoms with Gasteiger partial charge in [-0.05, 0) is 36.1 Å². The average Bonchev–Trinajstić information content (AvgIpc) is 2.86. The first-order chi connectivity index (χ1) is 17.1. The van der Waals surface area contributed by atoms with Gasteiger partial charge < -0.3 is 42.3 Å². The molecule has 0 amide bonds. The fraction of sp³-hybridized carbons (Fsp3) is 0.333.